The Hall–Kier alpha value is -3.31. The number of benzene rings is 2. The van der Waals surface area contributed by atoms with Gasteiger partial charge in [-0.1, -0.05) is 24.3 Å². The molecule has 0 saturated heterocycles. The van der Waals surface area contributed by atoms with Crippen LogP contribution in [-0.2, 0) is 9.59 Å². The van der Waals surface area contributed by atoms with Gasteiger partial charge in [0.25, 0.3) is 11.8 Å². The van der Waals surface area contributed by atoms with E-state index in [4.69, 9.17) is 10.9 Å². The summed E-state index contributed by atoms with van der Waals surface area (Å²) in [5, 5.41) is 32.7. The molecule has 0 heterocycles. The second-order valence-corrected chi connectivity index (χ2v) is 7.08. The minimum atomic E-state index is -1.30. The molecular weight excluding hydrogens is 404 g/mol. The molecule has 3 amide bonds. The largest absolute Gasteiger partial charge is 0.391 e. The molecule has 0 radical (unpaired) electrons. The predicted molar refractivity (Wildman–Crippen MR) is 113 cm³/mol. The Labute approximate surface area is 179 Å². The minimum absolute atomic E-state index is 0.260. The van der Waals surface area contributed by atoms with Gasteiger partial charge in [0.2, 0.25) is 5.91 Å². The van der Waals surface area contributed by atoms with E-state index in [2.05, 4.69) is 10.6 Å². The summed E-state index contributed by atoms with van der Waals surface area (Å²) in [6, 6.07) is 11.1. The second kappa shape index (κ2) is 10.6. The van der Waals surface area contributed by atoms with E-state index in [9.17, 15) is 24.6 Å². The van der Waals surface area contributed by atoms with Crippen molar-refractivity contribution in [3.8, 4) is 11.1 Å². The molecule has 2 rings (SSSR count). The van der Waals surface area contributed by atoms with Crippen LogP contribution in [0.1, 0.15) is 24.2 Å². The number of aliphatic hydroxyl groups excluding tert-OH is 2. The van der Waals surface area contributed by atoms with Gasteiger partial charge in [-0.25, -0.2) is 5.48 Å². The van der Waals surface area contributed by atoms with Crippen LogP contribution >= 0.6 is 0 Å². The van der Waals surface area contributed by atoms with E-state index >= 15 is 0 Å². The fraction of sp³-hybridized carbons (Fsp3) is 0.286. The van der Waals surface area contributed by atoms with Gasteiger partial charge in [-0.05, 0) is 49.2 Å². The van der Waals surface area contributed by atoms with Crippen molar-refractivity contribution in [3.05, 3.63) is 54.1 Å². The molecule has 2 aromatic rings. The Morgan fingerprint density at radius 2 is 1.35 bits per heavy atom. The zero-order chi connectivity index (χ0) is 23.1. The molecule has 0 aromatic heterocycles. The Morgan fingerprint density at radius 3 is 1.81 bits per heavy atom. The summed E-state index contributed by atoms with van der Waals surface area (Å²) in [7, 11) is 0. The summed E-state index contributed by atoms with van der Waals surface area (Å²) in [6.45, 7) is 2.75. The highest BCUT2D eigenvalue weighted by Crippen LogP contribution is 2.22. The van der Waals surface area contributed by atoms with Gasteiger partial charge >= 0.3 is 0 Å². The van der Waals surface area contributed by atoms with Crippen molar-refractivity contribution in [2.45, 2.75) is 38.1 Å². The fourth-order valence-corrected chi connectivity index (χ4v) is 2.70. The van der Waals surface area contributed by atoms with E-state index in [1.807, 2.05) is 0 Å². The van der Waals surface area contributed by atoms with Crippen molar-refractivity contribution in [1.82, 2.24) is 10.8 Å². The molecule has 0 spiro atoms. The fourth-order valence-electron chi connectivity index (χ4n) is 2.70. The lowest BCUT2D eigenvalue weighted by Gasteiger charge is -2.19. The van der Waals surface area contributed by atoms with Crippen LogP contribution < -0.4 is 21.8 Å². The monoisotopic (exact) mass is 430 g/mol. The summed E-state index contributed by atoms with van der Waals surface area (Å²) >= 11 is 0. The third-order valence-electron chi connectivity index (χ3n) is 4.62. The van der Waals surface area contributed by atoms with Gasteiger partial charge in [-0.15, -0.1) is 0 Å². The third kappa shape index (κ3) is 6.33. The molecule has 0 aliphatic heterocycles. The molecule has 0 bridgehead atoms. The van der Waals surface area contributed by atoms with Gasteiger partial charge < -0.3 is 26.6 Å². The lowest BCUT2D eigenvalue weighted by atomic mass is 10.0. The van der Waals surface area contributed by atoms with E-state index in [0.29, 0.717) is 5.69 Å². The van der Waals surface area contributed by atoms with Crippen LogP contribution in [-0.4, -0.2) is 57.4 Å². The number of amides is 3. The number of anilines is 1. The van der Waals surface area contributed by atoms with Crippen molar-refractivity contribution < 1.29 is 29.8 Å². The molecule has 0 aliphatic carbocycles. The van der Waals surface area contributed by atoms with E-state index in [0.717, 1.165) is 11.1 Å². The first kappa shape index (κ1) is 24.0. The molecule has 31 heavy (non-hydrogen) atoms. The highest BCUT2D eigenvalue weighted by atomic mass is 16.5. The summed E-state index contributed by atoms with van der Waals surface area (Å²) in [5.41, 5.74) is 9.40. The van der Waals surface area contributed by atoms with Crippen LogP contribution in [0.15, 0.2) is 48.5 Å². The number of hydroxylamine groups is 1. The van der Waals surface area contributed by atoms with Crippen LogP contribution in [0.25, 0.3) is 11.1 Å². The standard InChI is InChI=1S/C21H26N4O6/c1-11(26)17(22)20(29)23-16-9-7-14(8-10-16)13-3-5-15(6-4-13)19(28)24-18(12(2)27)21(30)25-31/h3-12,17-18,26-27,31H,22H2,1-2H3,(H,23,29)(H,24,28)(H,25,30)/t11-,12-,17+,18+/m1/s1. The van der Waals surface area contributed by atoms with E-state index in [1.54, 1.807) is 48.5 Å². The maximum absolute atomic E-state index is 12.3. The zero-order valence-corrected chi connectivity index (χ0v) is 17.1. The van der Waals surface area contributed by atoms with Crippen LogP contribution in [0, 0.1) is 0 Å². The molecule has 2 aromatic carbocycles. The highest BCUT2D eigenvalue weighted by molar-refractivity contribution is 5.98. The van der Waals surface area contributed by atoms with E-state index < -0.39 is 42.0 Å². The molecule has 0 saturated carbocycles. The summed E-state index contributed by atoms with van der Waals surface area (Å²) in [4.78, 5) is 35.8. The topological polar surface area (TPSA) is 174 Å². The van der Waals surface area contributed by atoms with Crippen molar-refractivity contribution in [1.29, 1.82) is 0 Å². The third-order valence-corrected chi connectivity index (χ3v) is 4.62. The van der Waals surface area contributed by atoms with Crippen molar-refractivity contribution in [3.63, 3.8) is 0 Å². The van der Waals surface area contributed by atoms with Gasteiger partial charge in [-0.2, -0.15) is 0 Å². The van der Waals surface area contributed by atoms with Gasteiger partial charge in [0.1, 0.15) is 12.1 Å². The average molecular weight is 430 g/mol. The van der Waals surface area contributed by atoms with Crippen LogP contribution in [0.3, 0.4) is 0 Å². The lowest BCUT2D eigenvalue weighted by molar-refractivity contribution is -0.133. The maximum Gasteiger partial charge on any atom is 0.268 e. The van der Waals surface area contributed by atoms with Crippen molar-refractivity contribution >= 4 is 23.4 Å². The first-order valence-corrected chi connectivity index (χ1v) is 9.52. The Balaban J connectivity index is 2.07. The molecule has 10 nitrogen and oxygen atoms in total. The molecule has 0 unspecified atom stereocenters. The van der Waals surface area contributed by atoms with Crippen LogP contribution in [0.5, 0.6) is 0 Å². The number of carbonyl (C=O) groups excluding carboxylic acids is 3. The number of hydrogen-bond acceptors (Lipinski definition) is 7. The molecular formula is C21H26N4O6. The second-order valence-electron chi connectivity index (χ2n) is 7.08. The molecule has 4 atom stereocenters. The Morgan fingerprint density at radius 1 is 0.839 bits per heavy atom. The Kier molecular flexibility index (Phi) is 8.22. The molecule has 0 fully saturated rings. The number of nitrogens with two attached hydrogens (primary N) is 1. The SMILES string of the molecule is C[C@@H](O)[C@H](N)C(=O)Nc1ccc(-c2ccc(C(=O)N[C@H](C(=O)NO)[C@@H](C)O)cc2)cc1. The van der Waals surface area contributed by atoms with Crippen LogP contribution in [0.2, 0.25) is 0 Å². The normalized spacial score (nSPS) is 14.6. The summed E-state index contributed by atoms with van der Waals surface area (Å²) < 4.78 is 0. The van der Waals surface area contributed by atoms with Gasteiger partial charge in [-0.3, -0.25) is 19.6 Å². The molecule has 10 heteroatoms. The number of carbonyl (C=O) groups is 3. The van der Waals surface area contributed by atoms with Crippen LogP contribution in [0.4, 0.5) is 5.69 Å². The first-order valence-electron chi connectivity index (χ1n) is 9.52. The van der Waals surface area contributed by atoms with Crippen molar-refractivity contribution in [2.24, 2.45) is 5.73 Å². The zero-order valence-electron chi connectivity index (χ0n) is 17.1. The highest BCUT2D eigenvalue weighted by Gasteiger charge is 2.25. The van der Waals surface area contributed by atoms with Gasteiger partial charge in [0.15, 0.2) is 0 Å². The Bertz CT molecular complexity index is 912. The maximum atomic E-state index is 12.3. The summed E-state index contributed by atoms with van der Waals surface area (Å²) in [6.07, 6.45) is -2.17. The molecule has 0 aliphatic rings. The summed E-state index contributed by atoms with van der Waals surface area (Å²) in [5.74, 6) is -2.02. The van der Waals surface area contributed by atoms with Gasteiger partial charge in [0.05, 0.1) is 12.2 Å². The number of aliphatic hydroxyl groups is 2. The number of rotatable bonds is 8. The van der Waals surface area contributed by atoms with Gasteiger partial charge in [0, 0.05) is 11.3 Å². The van der Waals surface area contributed by atoms with E-state index in [-0.39, 0.29) is 5.56 Å². The quantitative estimate of drug-likeness (QED) is 0.228. The number of nitrogens with one attached hydrogen (secondary N) is 3. The average Bonchev–Trinajstić information content (AvgIpc) is 2.76. The molecule has 166 valence electrons. The minimum Gasteiger partial charge on any atom is -0.391 e. The first-order chi connectivity index (χ1) is 14.6. The predicted octanol–water partition coefficient (Wildman–Crippen LogP) is -0.0152. The van der Waals surface area contributed by atoms with Crippen molar-refractivity contribution in [2.75, 3.05) is 5.32 Å². The lowest BCUT2D eigenvalue weighted by Crippen LogP contribution is -2.51. The number of hydrogen-bond donors (Lipinski definition) is 7. The van der Waals surface area contributed by atoms with E-state index in [1.165, 1.54) is 19.3 Å². The molecule has 8 N–H and O–H groups in total. The smallest absolute Gasteiger partial charge is 0.268 e.